The van der Waals surface area contributed by atoms with Crippen molar-refractivity contribution < 1.29 is 9.90 Å². The molecule has 106 valence electrons. The molecule has 4 nitrogen and oxygen atoms in total. The smallest absolute Gasteiger partial charge is 0.267 e. The van der Waals surface area contributed by atoms with Crippen molar-refractivity contribution >= 4 is 16.8 Å². The molecule has 0 bridgehead atoms. The normalized spacial score (nSPS) is 16.4. The Balaban J connectivity index is 1.79. The van der Waals surface area contributed by atoms with E-state index in [1.807, 2.05) is 13.0 Å². The van der Waals surface area contributed by atoms with Crippen molar-refractivity contribution in [2.24, 2.45) is 5.41 Å². The summed E-state index contributed by atoms with van der Waals surface area (Å²) in [5, 5.41) is 13.3. The average molecular weight is 272 g/mol. The Morgan fingerprint density at radius 1 is 1.35 bits per heavy atom. The Labute approximate surface area is 118 Å². The third-order valence-electron chi connectivity index (χ3n) is 4.25. The molecule has 0 radical (unpaired) electrons. The molecule has 0 saturated heterocycles. The third kappa shape index (κ3) is 2.31. The van der Waals surface area contributed by atoms with Crippen molar-refractivity contribution in [2.75, 3.05) is 13.2 Å². The first kappa shape index (κ1) is 13.2. The van der Waals surface area contributed by atoms with E-state index in [0.717, 1.165) is 23.7 Å². The second kappa shape index (κ2) is 4.63. The quantitative estimate of drug-likeness (QED) is 0.799. The van der Waals surface area contributed by atoms with Crippen LogP contribution in [-0.4, -0.2) is 29.1 Å². The molecule has 0 unspecified atom stereocenters. The van der Waals surface area contributed by atoms with Gasteiger partial charge in [0.05, 0.1) is 6.61 Å². The minimum Gasteiger partial charge on any atom is -0.396 e. The minimum absolute atomic E-state index is 0.0613. The molecule has 1 aromatic carbocycles. The second-order valence-corrected chi connectivity index (χ2v) is 6.07. The maximum absolute atomic E-state index is 12.2. The fraction of sp³-hybridized carbons (Fsp3) is 0.438. The summed E-state index contributed by atoms with van der Waals surface area (Å²) in [6.07, 6.45) is 1.99. The van der Waals surface area contributed by atoms with Gasteiger partial charge in [-0.15, -0.1) is 0 Å². The van der Waals surface area contributed by atoms with Gasteiger partial charge >= 0.3 is 0 Å². The highest BCUT2D eigenvalue weighted by Crippen LogP contribution is 2.44. The van der Waals surface area contributed by atoms with Gasteiger partial charge in [-0.2, -0.15) is 0 Å². The number of nitrogens with one attached hydrogen (secondary N) is 2. The lowest BCUT2D eigenvalue weighted by Gasteiger charge is -2.11. The molecule has 3 rings (SSSR count). The molecule has 1 fully saturated rings. The zero-order chi connectivity index (χ0) is 14.3. The highest BCUT2D eigenvalue weighted by molar-refractivity contribution is 5.99. The van der Waals surface area contributed by atoms with Crippen LogP contribution in [0.5, 0.6) is 0 Å². The highest BCUT2D eigenvalue weighted by atomic mass is 16.3. The average Bonchev–Trinajstić information content (AvgIpc) is 3.07. The van der Waals surface area contributed by atoms with Gasteiger partial charge in [0.2, 0.25) is 0 Å². The van der Waals surface area contributed by atoms with Crippen LogP contribution in [0.15, 0.2) is 18.2 Å². The minimum atomic E-state index is -0.0991. The first-order chi connectivity index (χ1) is 9.53. The number of rotatable bonds is 4. The zero-order valence-electron chi connectivity index (χ0n) is 11.9. The maximum Gasteiger partial charge on any atom is 0.267 e. The van der Waals surface area contributed by atoms with Crippen LogP contribution >= 0.6 is 0 Å². The monoisotopic (exact) mass is 272 g/mol. The molecule has 4 heteroatoms. The van der Waals surface area contributed by atoms with Crippen LogP contribution in [0, 0.1) is 19.3 Å². The van der Waals surface area contributed by atoms with E-state index in [1.165, 1.54) is 11.1 Å². The molecule has 0 atom stereocenters. The summed E-state index contributed by atoms with van der Waals surface area (Å²) in [6.45, 7) is 4.80. The summed E-state index contributed by atoms with van der Waals surface area (Å²) in [5.41, 5.74) is 3.87. The predicted octanol–water partition coefficient (Wildman–Crippen LogP) is 2.29. The number of hydrogen-bond acceptors (Lipinski definition) is 2. The molecular weight excluding hydrogens is 252 g/mol. The van der Waals surface area contributed by atoms with E-state index >= 15 is 0 Å². The van der Waals surface area contributed by atoms with E-state index in [9.17, 15) is 9.90 Å². The lowest BCUT2D eigenvalue weighted by molar-refractivity contribution is 0.0931. The number of benzene rings is 1. The molecule has 1 aliphatic carbocycles. The molecule has 3 N–H and O–H groups in total. The fourth-order valence-corrected chi connectivity index (χ4v) is 2.65. The summed E-state index contributed by atoms with van der Waals surface area (Å²) in [5.74, 6) is -0.0991. The molecule has 1 amide bonds. The highest BCUT2D eigenvalue weighted by Gasteiger charge is 2.42. The van der Waals surface area contributed by atoms with Crippen molar-refractivity contribution in [3.63, 3.8) is 0 Å². The number of aromatic nitrogens is 1. The third-order valence-corrected chi connectivity index (χ3v) is 4.25. The SMILES string of the molecule is Cc1cc(C)c2cc(C(=O)NCC3(CO)CC3)[nH]c2c1. The van der Waals surface area contributed by atoms with Gasteiger partial charge in [0.25, 0.3) is 5.91 Å². The summed E-state index contributed by atoms with van der Waals surface area (Å²) in [7, 11) is 0. The molecular formula is C16H20N2O2. The Morgan fingerprint density at radius 2 is 2.10 bits per heavy atom. The summed E-state index contributed by atoms with van der Waals surface area (Å²) in [6, 6.07) is 6.07. The van der Waals surface area contributed by atoms with Crippen molar-refractivity contribution in [1.29, 1.82) is 0 Å². The Kier molecular flexibility index (Phi) is 3.05. The molecule has 1 aliphatic rings. The summed E-state index contributed by atoms with van der Waals surface area (Å²) < 4.78 is 0. The van der Waals surface area contributed by atoms with Gasteiger partial charge in [0.15, 0.2) is 0 Å². The molecule has 0 aliphatic heterocycles. The number of amides is 1. The second-order valence-electron chi connectivity index (χ2n) is 6.07. The zero-order valence-corrected chi connectivity index (χ0v) is 11.9. The number of aryl methyl sites for hydroxylation is 2. The van der Waals surface area contributed by atoms with Crippen LogP contribution in [0.4, 0.5) is 0 Å². The van der Waals surface area contributed by atoms with Gasteiger partial charge in [-0.05, 0) is 49.9 Å². The number of fused-ring (bicyclic) bond motifs is 1. The predicted molar refractivity (Wildman–Crippen MR) is 78.9 cm³/mol. The topological polar surface area (TPSA) is 65.1 Å². The van der Waals surface area contributed by atoms with E-state index in [4.69, 9.17) is 0 Å². The lowest BCUT2D eigenvalue weighted by atomic mass is 10.1. The van der Waals surface area contributed by atoms with E-state index in [0.29, 0.717) is 12.2 Å². The standard InChI is InChI=1S/C16H20N2O2/c1-10-5-11(2)12-7-14(18-13(12)6-10)15(20)17-8-16(9-19)3-4-16/h5-7,18-19H,3-4,8-9H2,1-2H3,(H,17,20). The maximum atomic E-state index is 12.2. The molecule has 0 spiro atoms. The van der Waals surface area contributed by atoms with E-state index < -0.39 is 0 Å². The fourth-order valence-electron chi connectivity index (χ4n) is 2.65. The lowest BCUT2D eigenvalue weighted by Crippen LogP contribution is -2.32. The Bertz CT molecular complexity index is 668. The number of carbonyl (C=O) groups is 1. The molecule has 2 aromatic rings. The molecule has 1 saturated carbocycles. The molecule has 1 aromatic heterocycles. The number of H-pyrrole nitrogens is 1. The molecule has 1 heterocycles. The number of hydrogen-bond donors (Lipinski definition) is 3. The van der Waals surface area contributed by atoms with Crippen LogP contribution < -0.4 is 5.32 Å². The van der Waals surface area contributed by atoms with Crippen molar-refractivity contribution in [1.82, 2.24) is 10.3 Å². The van der Waals surface area contributed by atoms with Crippen LogP contribution in [-0.2, 0) is 0 Å². The molecule has 20 heavy (non-hydrogen) atoms. The number of carbonyl (C=O) groups excluding carboxylic acids is 1. The van der Waals surface area contributed by atoms with Crippen LogP contribution in [0.3, 0.4) is 0 Å². The van der Waals surface area contributed by atoms with Gasteiger partial charge in [-0.1, -0.05) is 6.07 Å². The Hall–Kier alpha value is -1.81. The number of aromatic amines is 1. The van der Waals surface area contributed by atoms with Gasteiger partial charge < -0.3 is 15.4 Å². The number of aliphatic hydroxyl groups is 1. The van der Waals surface area contributed by atoms with Gasteiger partial charge in [0.1, 0.15) is 5.69 Å². The van der Waals surface area contributed by atoms with Crippen LogP contribution in [0.25, 0.3) is 10.9 Å². The Morgan fingerprint density at radius 3 is 2.75 bits per heavy atom. The van der Waals surface area contributed by atoms with E-state index in [2.05, 4.69) is 29.4 Å². The van der Waals surface area contributed by atoms with Crippen molar-refractivity contribution in [2.45, 2.75) is 26.7 Å². The van der Waals surface area contributed by atoms with Crippen LogP contribution in [0.2, 0.25) is 0 Å². The largest absolute Gasteiger partial charge is 0.396 e. The first-order valence-corrected chi connectivity index (χ1v) is 7.02. The first-order valence-electron chi connectivity index (χ1n) is 7.02. The number of aliphatic hydroxyl groups excluding tert-OH is 1. The van der Waals surface area contributed by atoms with E-state index in [-0.39, 0.29) is 17.9 Å². The van der Waals surface area contributed by atoms with Gasteiger partial charge in [0, 0.05) is 22.9 Å². The van der Waals surface area contributed by atoms with Gasteiger partial charge in [-0.3, -0.25) is 4.79 Å². The van der Waals surface area contributed by atoms with Crippen molar-refractivity contribution in [3.05, 3.63) is 35.0 Å². The summed E-state index contributed by atoms with van der Waals surface area (Å²) >= 11 is 0. The van der Waals surface area contributed by atoms with Crippen LogP contribution in [0.1, 0.15) is 34.5 Å². The summed E-state index contributed by atoms with van der Waals surface area (Å²) in [4.78, 5) is 15.4. The van der Waals surface area contributed by atoms with Crippen molar-refractivity contribution in [3.8, 4) is 0 Å². The van der Waals surface area contributed by atoms with Gasteiger partial charge in [-0.25, -0.2) is 0 Å². The van der Waals surface area contributed by atoms with E-state index in [1.54, 1.807) is 0 Å².